The predicted molar refractivity (Wildman–Crippen MR) is 69.0 cm³/mol. The Morgan fingerprint density at radius 2 is 1.94 bits per heavy atom. The van der Waals surface area contributed by atoms with E-state index in [0.29, 0.717) is 12.5 Å². The molecule has 0 heterocycles. The smallest absolute Gasteiger partial charge is 0.323 e. The number of rotatable bonds is 6. The number of nitrogens with two attached hydrogens (primary N) is 1. The Bertz CT molecular complexity index is 319. The third kappa shape index (κ3) is 5.04. The van der Waals surface area contributed by atoms with Crippen molar-refractivity contribution in [3.63, 3.8) is 0 Å². The van der Waals surface area contributed by atoms with Crippen molar-refractivity contribution in [2.75, 3.05) is 13.1 Å². The van der Waals surface area contributed by atoms with E-state index in [4.69, 9.17) is 10.8 Å². The summed E-state index contributed by atoms with van der Waals surface area (Å²) in [4.78, 5) is 24.3. The third-order valence-electron chi connectivity index (χ3n) is 3.36. The number of carboxylic acid groups (broad SMARTS) is 1. The minimum Gasteiger partial charge on any atom is -0.480 e. The van der Waals surface area contributed by atoms with Crippen molar-refractivity contribution in [2.24, 2.45) is 17.1 Å². The highest BCUT2D eigenvalue weighted by Gasteiger charge is 2.30. The fourth-order valence-corrected chi connectivity index (χ4v) is 1.65. The molecule has 1 unspecified atom stereocenters. The third-order valence-corrected chi connectivity index (χ3v) is 3.36. The van der Waals surface area contributed by atoms with E-state index in [1.807, 2.05) is 20.8 Å². The van der Waals surface area contributed by atoms with Gasteiger partial charge in [-0.05, 0) is 24.2 Å². The molecule has 0 aromatic carbocycles. The average Bonchev–Trinajstić information content (AvgIpc) is 2.98. The van der Waals surface area contributed by atoms with Crippen molar-refractivity contribution in [2.45, 2.75) is 46.1 Å². The van der Waals surface area contributed by atoms with Crippen LogP contribution in [0, 0.1) is 11.3 Å². The second kappa shape index (κ2) is 5.69. The van der Waals surface area contributed by atoms with Crippen molar-refractivity contribution in [1.29, 1.82) is 0 Å². The molecular formula is C13H24N2O3. The number of carboxylic acids is 1. The number of amides is 1. The topological polar surface area (TPSA) is 83.6 Å². The largest absolute Gasteiger partial charge is 0.480 e. The van der Waals surface area contributed by atoms with Gasteiger partial charge in [0.2, 0.25) is 5.91 Å². The van der Waals surface area contributed by atoms with Crippen LogP contribution in [0.1, 0.15) is 40.0 Å². The van der Waals surface area contributed by atoms with Gasteiger partial charge in [0.15, 0.2) is 0 Å². The van der Waals surface area contributed by atoms with Crippen molar-refractivity contribution in [3.8, 4) is 0 Å². The minimum atomic E-state index is -0.965. The Hall–Kier alpha value is -1.10. The Balaban J connectivity index is 2.54. The molecule has 3 N–H and O–H groups in total. The van der Waals surface area contributed by atoms with E-state index in [-0.39, 0.29) is 30.3 Å². The molecule has 5 nitrogen and oxygen atoms in total. The second-order valence-electron chi connectivity index (χ2n) is 6.29. The number of aliphatic carboxylic acids is 1. The number of carbonyl (C=O) groups is 2. The van der Waals surface area contributed by atoms with Crippen LogP contribution in [0.4, 0.5) is 0 Å². The highest BCUT2D eigenvalue weighted by molar-refractivity contribution is 5.81. The van der Waals surface area contributed by atoms with Crippen LogP contribution in [0.2, 0.25) is 0 Å². The summed E-state index contributed by atoms with van der Waals surface area (Å²) in [5.74, 6) is -0.626. The molecule has 0 bridgehead atoms. The summed E-state index contributed by atoms with van der Waals surface area (Å²) in [6, 6.07) is -0.250. The van der Waals surface area contributed by atoms with Crippen LogP contribution in [0.5, 0.6) is 0 Å². The van der Waals surface area contributed by atoms with Gasteiger partial charge in [0, 0.05) is 19.0 Å². The molecule has 1 amide bonds. The molecule has 1 atom stereocenters. The summed E-state index contributed by atoms with van der Waals surface area (Å²) in [6.45, 7) is 6.28. The van der Waals surface area contributed by atoms with E-state index in [2.05, 4.69) is 0 Å². The van der Waals surface area contributed by atoms with Gasteiger partial charge in [-0.3, -0.25) is 9.59 Å². The van der Waals surface area contributed by atoms with Gasteiger partial charge in [0.1, 0.15) is 6.54 Å². The van der Waals surface area contributed by atoms with Gasteiger partial charge in [-0.1, -0.05) is 20.8 Å². The summed E-state index contributed by atoms with van der Waals surface area (Å²) >= 11 is 0. The summed E-state index contributed by atoms with van der Waals surface area (Å²) in [5.41, 5.74) is 5.82. The summed E-state index contributed by atoms with van der Waals surface area (Å²) in [6.07, 6.45) is 2.40. The van der Waals surface area contributed by atoms with Crippen LogP contribution in [0.25, 0.3) is 0 Å². The maximum atomic E-state index is 12.1. The van der Waals surface area contributed by atoms with Gasteiger partial charge in [-0.2, -0.15) is 0 Å². The molecule has 0 radical (unpaired) electrons. The maximum Gasteiger partial charge on any atom is 0.323 e. The molecule has 0 saturated heterocycles. The first kappa shape index (κ1) is 15.0. The molecule has 0 aliphatic heterocycles. The lowest BCUT2D eigenvalue weighted by Gasteiger charge is -2.29. The van der Waals surface area contributed by atoms with Crippen LogP contribution >= 0.6 is 0 Å². The number of hydrogen-bond donors (Lipinski definition) is 2. The van der Waals surface area contributed by atoms with Crippen LogP contribution < -0.4 is 5.73 Å². The van der Waals surface area contributed by atoms with Gasteiger partial charge >= 0.3 is 5.97 Å². The lowest BCUT2D eigenvalue weighted by atomic mass is 9.85. The highest BCUT2D eigenvalue weighted by atomic mass is 16.4. The van der Waals surface area contributed by atoms with E-state index in [0.717, 1.165) is 12.8 Å². The Kier molecular flexibility index (Phi) is 4.73. The molecule has 1 aliphatic rings. The van der Waals surface area contributed by atoms with E-state index in [1.54, 1.807) is 0 Å². The molecule has 104 valence electrons. The van der Waals surface area contributed by atoms with E-state index in [1.165, 1.54) is 4.90 Å². The molecule has 1 fully saturated rings. The van der Waals surface area contributed by atoms with Crippen LogP contribution in [-0.4, -0.2) is 41.0 Å². The lowest BCUT2D eigenvalue weighted by Crippen LogP contribution is -2.44. The number of nitrogens with zero attached hydrogens (tertiary/aromatic N) is 1. The Morgan fingerprint density at radius 1 is 1.39 bits per heavy atom. The Morgan fingerprint density at radius 3 is 2.33 bits per heavy atom. The van der Waals surface area contributed by atoms with Gasteiger partial charge in [-0.25, -0.2) is 0 Å². The van der Waals surface area contributed by atoms with Crippen LogP contribution in [-0.2, 0) is 9.59 Å². The van der Waals surface area contributed by atoms with Crippen molar-refractivity contribution >= 4 is 11.9 Å². The summed E-state index contributed by atoms with van der Waals surface area (Å²) in [5, 5.41) is 8.83. The SMILES string of the molecule is CC(C)(C)C(N)CC(=O)N(CC(=O)O)CC1CC1. The number of carbonyl (C=O) groups excluding carboxylic acids is 1. The average molecular weight is 256 g/mol. The van der Waals surface area contributed by atoms with Crippen LogP contribution in [0.3, 0.4) is 0 Å². The quantitative estimate of drug-likeness (QED) is 0.744. The van der Waals surface area contributed by atoms with Crippen molar-refractivity contribution < 1.29 is 14.7 Å². The molecule has 0 aromatic rings. The molecule has 5 heteroatoms. The maximum absolute atomic E-state index is 12.1. The van der Waals surface area contributed by atoms with Gasteiger partial charge in [0.05, 0.1) is 0 Å². The first-order valence-electron chi connectivity index (χ1n) is 6.45. The van der Waals surface area contributed by atoms with Gasteiger partial charge in [-0.15, -0.1) is 0 Å². The lowest BCUT2D eigenvalue weighted by molar-refractivity contribution is -0.145. The van der Waals surface area contributed by atoms with Gasteiger partial charge < -0.3 is 15.7 Å². The summed E-state index contributed by atoms with van der Waals surface area (Å²) in [7, 11) is 0. The molecular weight excluding hydrogens is 232 g/mol. The van der Waals surface area contributed by atoms with Crippen molar-refractivity contribution in [3.05, 3.63) is 0 Å². The Labute approximate surface area is 108 Å². The molecule has 1 rings (SSSR count). The molecule has 18 heavy (non-hydrogen) atoms. The molecule has 0 spiro atoms. The monoisotopic (exact) mass is 256 g/mol. The predicted octanol–water partition coefficient (Wildman–Crippen LogP) is 1.07. The zero-order chi connectivity index (χ0) is 13.9. The second-order valence-corrected chi connectivity index (χ2v) is 6.29. The zero-order valence-corrected chi connectivity index (χ0v) is 11.5. The van der Waals surface area contributed by atoms with Crippen molar-refractivity contribution in [1.82, 2.24) is 4.90 Å². The standard InChI is InChI=1S/C13H24N2O3/c1-13(2,3)10(14)6-11(16)15(8-12(17)18)7-9-4-5-9/h9-10H,4-8,14H2,1-3H3,(H,17,18). The first-order chi connectivity index (χ1) is 8.20. The van der Waals surface area contributed by atoms with E-state index < -0.39 is 5.97 Å². The molecule has 1 saturated carbocycles. The first-order valence-corrected chi connectivity index (χ1v) is 6.45. The van der Waals surface area contributed by atoms with Gasteiger partial charge in [0.25, 0.3) is 0 Å². The molecule has 1 aliphatic carbocycles. The minimum absolute atomic E-state index is 0.147. The fraction of sp³-hybridized carbons (Fsp3) is 0.846. The fourth-order valence-electron chi connectivity index (χ4n) is 1.65. The molecule has 0 aromatic heterocycles. The van der Waals surface area contributed by atoms with Crippen LogP contribution in [0.15, 0.2) is 0 Å². The zero-order valence-electron chi connectivity index (χ0n) is 11.5. The van der Waals surface area contributed by atoms with E-state index in [9.17, 15) is 9.59 Å². The highest BCUT2D eigenvalue weighted by Crippen LogP contribution is 2.30. The summed E-state index contributed by atoms with van der Waals surface area (Å²) < 4.78 is 0. The number of hydrogen-bond acceptors (Lipinski definition) is 3. The normalized spacial score (nSPS) is 17.3. The van der Waals surface area contributed by atoms with E-state index >= 15 is 0 Å².